The zero-order chi connectivity index (χ0) is 15.5. The van der Waals surface area contributed by atoms with E-state index in [0.29, 0.717) is 18.1 Å². The highest BCUT2D eigenvalue weighted by molar-refractivity contribution is 7.92. The highest BCUT2D eigenvalue weighted by Crippen LogP contribution is 2.21. The van der Waals surface area contributed by atoms with Gasteiger partial charge in [0.05, 0.1) is 10.6 Å². The van der Waals surface area contributed by atoms with Crippen molar-refractivity contribution in [1.29, 1.82) is 0 Å². The van der Waals surface area contributed by atoms with Gasteiger partial charge in [0, 0.05) is 18.8 Å². The third-order valence-electron chi connectivity index (χ3n) is 3.04. The Morgan fingerprint density at radius 1 is 1.14 bits per heavy atom. The lowest BCUT2D eigenvalue weighted by Crippen LogP contribution is -2.14. The van der Waals surface area contributed by atoms with Gasteiger partial charge in [-0.05, 0) is 44.0 Å². The van der Waals surface area contributed by atoms with Gasteiger partial charge in [0.15, 0.2) is 0 Å². The van der Waals surface area contributed by atoms with Gasteiger partial charge in [-0.3, -0.25) is 4.72 Å². The van der Waals surface area contributed by atoms with E-state index in [1.54, 1.807) is 0 Å². The first-order chi connectivity index (χ1) is 9.92. The number of anilines is 2. The van der Waals surface area contributed by atoms with Gasteiger partial charge in [-0.1, -0.05) is 12.1 Å². The van der Waals surface area contributed by atoms with E-state index in [1.807, 2.05) is 39.0 Å². The predicted octanol–water partition coefficient (Wildman–Crippen LogP) is 2.93. The van der Waals surface area contributed by atoms with Crippen molar-refractivity contribution in [3.05, 3.63) is 47.7 Å². The summed E-state index contributed by atoms with van der Waals surface area (Å²) in [5.74, 6) is 0.543. The normalized spacial score (nSPS) is 11.2. The first-order valence-corrected chi connectivity index (χ1v) is 8.20. The van der Waals surface area contributed by atoms with Crippen molar-refractivity contribution < 1.29 is 8.42 Å². The lowest BCUT2D eigenvalue weighted by molar-refractivity contribution is 0.601. The molecule has 1 heterocycles. The fourth-order valence-corrected chi connectivity index (χ4v) is 3.04. The molecule has 0 amide bonds. The Morgan fingerprint density at radius 2 is 1.90 bits per heavy atom. The minimum Gasteiger partial charge on any atom is -0.370 e. The van der Waals surface area contributed by atoms with Gasteiger partial charge in [0.1, 0.15) is 5.82 Å². The largest absolute Gasteiger partial charge is 0.370 e. The number of benzene rings is 1. The van der Waals surface area contributed by atoms with Crippen LogP contribution < -0.4 is 10.0 Å². The third-order valence-corrected chi connectivity index (χ3v) is 4.40. The van der Waals surface area contributed by atoms with E-state index in [0.717, 1.165) is 11.1 Å². The van der Waals surface area contributed by atoms with Crippen molar-refractivity contribution in [3.8, 4) is 0 Å². The second kappa shape index (κ2) is 6.13. The lowest BCUT2D eigenvalue weighted by Gasteiger charge is -2.12. The first kappa shape index (κ1) is 15.3. The molecule has 2 aromatic rings. The third kappa shape index (κ3) is 3.72. The molecule has 2 rings (SSSR count). The van der Waals surface area contributed by atoms with Gasteiger partial charge in [-0.15, -0.1) is 0 Å². The fraction of sp³-hybridized carbons (Fsp3) is 0.267. The molecular formula is C15H19N3O2S. The van der Waals surface area contributed by atoms with Gasteiger partial charge in [0.25, 0.3) is 10.0 Å². The Bertz CT molecular complexity index is 742. The second-order valence-corrected chi connectivity index (χ2v) is 6.51. The number of aromatic nitrogens is 1. The van der Waals surface area contributed by atoms with Crippen LogP contribution >= 0.6 is 0 Å². The molecule has 0 aliphatic carbocycles. The molecule has 0 unspecified atom stereocenters. The number of rotatable bonds is 5. The van der Waals surface area contributed by atoms with Gasteiger partial charge < -0.3 is 5.32 Å². The molecule has 0 aliphatic rings. The van der Waals surface area contributed by atoms with Crippen molar-refractivity contribution in [2.24, 2.45) is 0 Å². The number of pyridine rings is 1. The van der Waals surface area contributed by atoms with E-state index in [-0.39, 0.29) is 4.90 Å². The highest BCUT2D eigenvalue weighted by Gasteiger charge is 2.16. The monoisotopic (exact) mass is 305 g/mol. The standard InChI is InChI=1S/C15H19N3O2S/c1-4-16-15-10-13(7-8-17-15)21(19,20)18-14-9-11(2)5-6-12(14)3/h5-10,18H,4H2,1-3H3,(H,16,17). The number of nitrogens with one attached hydrogen (secondary N) is 2. The number of aryl methyl sites for hydroxylation is 2. The maximum Gasteiger partial charge on any atom is 0.262 e. The van der Waals surface area contributed by atoms with Gasteiger partial charge >= 0.3 is 0 Å². The lowest BCUT2D eigenvalue weighted by atomic mass is 10.1. The zero-order valence-electron chi connectivity index (χ0n) is 12.3. The minimum absolute atomic E-state index is 0.189. The fourth-order valence-electron chi connectivity index (χ4n) is 1.91. The topological polar surface area (TPSA) is 71.1 Å². The summed E-state index contributed by atoms with van der Waals surface area (Å²) < 4.78 is 27.5. The van der Waals surface area contributed by atoms with Crippen LogP contribution in [-0.4, -0.2) is 19.9 Å². The van der Waals surface area contributed by atoms with Crippen LogP contribution in [-0.2, 0) is 10.0 Å². The van der Waals surface area contributed by atoms with Gasteiger partial charge in [0.2, 0.25) is 0 Å². The van der Waals surface area contributed by atoms with E-state index in [1.165, 1.54) is 18.3 Å². The molecule has 0 saturated carbocycles. The molecule has 0 bridgehead atoms. The van der Waals surface area contributed by atoms with Crippen molar-refractivity contribution in [3.63, 3.8) is 0 Å². The number of nitrogens with zero attached hydrogens (tertiary/aromatic N) is 1. The Kier molecular flexibility index (Phi) is 4.47. The van der Waals surface area contributed by atoms with Crippen LogP contribution in [0.5, 0.6) is 0 Å². The quantitative estimate of drug-likeness (QED) is 0.891. The summed E-state index contributed by atoms with van der Waals surface area (Å²) in [5.41, 5.74) is 2.48. The number of hydrogen-bond acceptors (Lipinski definition) is 4. The summed E-state index contributed by atoms with van der Waals surface area (Å²) in [5, 5.41) is 3.00. The molecular weight excluding hydrogens is 286 g/mol. The Balaban J connectivity index is 2.34. The van der Waals surface area contributed by atoms with Crippen molar-refractivity contribution >= 4 is 21.5 Å². The summed E-state index contributed by atoms with van der Waals surface area (Å²) in [6.45, 7) is 6.40. The first-order valence-electron chi connectivity index (χ1n) is 6.72. The van der Waals surface area contributed by atoms with Crippen LogP contribution in [0.2, 0.25) is 0 Å². The van der Waals surface area contributed by atoms with Crippen molar-refractivity contribution in [2.75, 3.05) is 16.6 Å². The molecule has 2 N–H and O–H groups in total. The summed E-state index contributed by atoms with van der Waals surface area (Å²) in [6.07, 6.45) is 1.48. The Morgan fingerprint density at radius 3 is 2.62 bits per heavy atom. The average Bonchev–Trinajstić information content (AvgIpc) is 2.43. The van der Waals surface area contributed by atoms with Crippen LogP contribution in [0.25, 0.3) is 0 Å². The molecule has 0 aliphatic heterocycles. The van der Waals surface area contributed by atoms with Crippen LogP contribution in [0.4, 0.5) is 11.5 Å². The van der Waals surface area contributed by atoms with E-state index in [2.05, 4.69) is 15.0 Å². The number of sulfonamides is 1. The van der Waals surface area contributed by atoms with Crippen LogP contribution in [0.3, 0.4) is 0 Å². The van der Waals surface area contributed by atoms with Crippen LogP contribution in [0, 0.1) is 13.8 Å². The predicted molar refractivity (Wildman–Crippen MR) is 85.1 cm³/mol. The second-order valence-electron chi connectivity index (χ2n) is 4.83. The smallest absolute Gasteiger partial charge is 0.262 e. The molecule has 5 nitrogen and oxygen atoms in total. The Hall–Kier alpha value is -2.08. The minimum atomic E-state index is -3.62. The molecule has 0 fully saturated rings. The SMILES string of the molecule is CCNc1cc(S(=O)(=O)Nc2cc(C)ccc2C)ccn1. The average molecular weight is 305 g/mol. The van der Waals surface area contributed by atoms with E-state index >= 15 is 0 Å². The van der Waals surface area contributed by atoms with Gasteiger partial charge in [-0.25, -0.2) is 13.4 Å². The van der Waals surface area contributed by atoms with Gasteiger partial charge in [-0.2, -0.15) is 0 Å². The van der Waals surface area contributed by atoms with Crippen molar-refractivity contribution in [2.45, 2.75) is 25.7 Å². The summed E-state index contributed by atoms with van der Waals surface area (Å²) in [7, 11) is -3.62. The molecule has 0 radical (unpaired) electrons. The number of hydrogen-bond donors (Lipinski definition) is 2. The van der Waals surface area contributed by atoms with E-state index in [4.69, 9.17) is 0 Å². The molecule has 112 valence electrons. The summed E-state index contributed by atoms with van der Waals surface area (Å²) >= 11 is 0. The molecule has 0 atom stereocenters. The molecule has 21 heavy (non-hydrogen) atoms. The molecule has 0 spiro atoms. The van der Waals surface area contributed by atoms with Crippen LogP contribution in [0.1, 0.15) is 18.1 Å². The van der Waals surface area contributed by atoms with Crippen LogP contribution in [0.15, 0.2) is 41.4 Å². The molecule has 1 aromatic carbocycles. The Labute approximate surface area is 125 Å². The van der Waals surface area contributed by atoms with E-state index in [9.17, 15) is 8.42 Å². The highest BCUT2D eigenvalue weighted by atomic mass is 32.2. The maximum atomic E-state index is 12.5. The molecule has 0 saturated heterocycles. The molecule has 6 heteroatoms. The zero-order valence-corrected chi connectivity index (χ0v) is 13.2. The molecule has 1 aromatic heterocycles. The summed E-state index contributed by atoms with van der Waals surface area (Å²) in [4.78, 5) is 4.27. The van der Waals surface area contributed by atoms with E-state index < -0.39 is 10.0 Å². The summed E-state index contributed by atoms with van der Waals surface area (Å²) in [6, 6.07) is 8.66. The van der Waals surface area contributed by atoms with Crippen molar-refractivity contribution in [1.82, 2.24) is 4.98 Å². The maximum absolute atomic E-state index is 12.5.